The number of nitrogens with zero attached hydrogens (tertiary/aromatic N) is 1. The minimum atomic E-state index is -0.0200. The molecule has 0 radical (unpaired) electrons. The van der Waals surface area contributed by atoms with Crippen LogP contribution in [-0.2, 0) is 9.53 Å². The van der Waals surface area contributed by atoms with E-state index in [-0.39, 0.29) is 25.2 Å². The normalized spacial score (nSPS) is 20.2. The molecule has 18 heavy (non-hydrogen) atoms. The maximum atomic E-state index is 11.9. The SMILES string of the molecule is O=C1COC(CCCO)CN1c1cccc(Br)c1. The third-order valence-electron chi connectivity index (χ3n) is 2.93. The Kier molecular flexibility index (Phi) is 4.74. The third-order valence-corrected chi connectivity index (χ3v) is 3.43. The summed E-state index contributed by atoms with van der Waals surface area (Å²) in [6, 6.07) is 7.67. The van der Waals surface area contributed by atoms with Gasteiger partial charge in [-0.2, -0.15) is 0 Å². The van der Waals surface area contributed by atoms with Gasteiger partial charge in [-0.15, -0.1) is 0 Å². The molecule has 0 spiro atoms. The number of morpholine rings is 1. The van der Waals surface area contributed by atoms with E-state index in [1.165, 1.54) is 0 Å². The Bertz CT molecular complexity index is 424. The average molecular weight is 314 g/mol. The van der Waals surface area contributed by atoms with Crippen molar-refractivity contribution in [2.24, 2.45) is 0 Å². The number of aliphatic hydroxyl groups excluding tert-OH is 1. The lowest BCUT2D eigenvalue weighted by Gasteiger charge is -2.32. The van der Waals surface area contributed by atoms with Gasteiger partial charge >= 0.3 is 0 Å². The van der Waals surface area contributed by atoms with E-state index in [1.54, 1.807) is 4.90 Å². The van der Waals surface area contributed by atoms with Crippen molar-refractivity contribution in [2.75, 3.05) is 24.7 Å². The van der Waals surface area contributed by atoms with E-state index >= 15 is 0 Å². The smallest absolute Gasteiger partial charge is 0.253 e. The Morgan fingerprint density at radius 1 is 1.50 bits per heavy atom. The largest absolute Gasteiger partial charge is 0.396 e. The van der Waals surface area contributed by atoms with Crippen molar-refractivity contribution >= 4 is 27.5 Å². The summed E-state index contributed by atoms with van der Waals surface area (Å²) in [7, 11) is 0. The number of hydrogen-bond acceptors (Lipinski definition) is 3. The standard InChI is InChI=1S/C13H16BrNO3/c14-10-3-1-4-11(7-10)15-8-12(5-2-6-16)18-9-13(15)17/h1,3-4,7,12,16H,2,5-6,8-9H2. The van der Waals surface area contributed by atoms with Gasteiger partial charge in [0, 0.05) is 16.8 Å². The van der Waals surface area contributed by atoms with E-state index in [4.69, 9.17) is 9.84 Å². The van der Waals surface area contributed by atoms with Crippen LogP contribution in [0.1, 0.15) is 12.8 Å². The van der Waals surface area contributed by atoms with Gasteiger partial charge in [0.1, 0.15) is 6.61 Å². The zero-order valence-corrected chi connectivity index (χ0v) is 11.6. The van der Waals surface area contributed by atoms with E-state index < -0.39 is 0 Å². The number of anilines is 1. The predicted octanol–water partition coefficient (Wildman–Crippen LogP) is 1.95. The van der Waals surface area contributed by atoms with Crippen molar-refractivity contribution in [3.05, 3.63) is 28.7 Å². The van der Waals surface area contributed by atoms with Crippen LogP contribution in [0.15, 0.2) is 28.7 Å². The number of hydrogen-bond donors (Lipinski definition) is 1. The second-order valence-electron chi connectivity index (χ2n) is 4.28. The Hall–Kier alpha value is -0.910. The lowest BCUT2D eigenvalue weighted by atomic mass is 10.1. The third kappa shape index (κ3) is 3.31. The van der Waals surface area contributed by atoms with Crippen LogP contribution < -0.4 is 4.90 Å². The van der Waals surface area contributed by atoms with Gasteiger partial charge in [-0.05, 0) is 31.0 Å². The summed E-state index contributed by atoms with van der Waals surface area (Å²) in [5, 5.41) is 8.83. The first-order valence-electron chi connectivity index (χ1n) is 5.99. The molecule has 0 aliphatic carbocycles. The van der Waals surface area contributed by atoms with E-state index in [0.717, 1.165) is 16.6 Å². The number of rotatable bonds is 4. The molecular weight excluding hydrogens is 298 g/mol. The van der Waals surface area contributed by atoms with Gasteiger partial charge in [0.05, 0.1) is 12.6 Å². The summed E-state index contributed by atoms with van der Waals surface area (Å²) in [4.78, 5) is 13.6. The highest BCUT2D eigenvalue weighted by Gasteiger charge is 2.27. The number of carbonyl (C=O) groups excluding carboxylic acids is 1. The van der Waals surface area contributed by atoms with Crippen molar-refractivity contribution in [2.45, 2.75) is 18.9 Å². The molecule has 1 N–H and O–H groups in total. The minimum absolute atomic E-state index is 0.00818. The average Bonchev–Trinajstić information content (AvgIpc) is 2.38. The number of benzene rings is 1. The molecule has 1 aromatic carbocycles. The molecule has 98 valence electrons. The van der Waals surface area contributed by atoms with Crippen LogP contribution in [0, 0.1) is 0 Å². The van der Waals surface area contributed by atoms with Crippen LogP contribution in [0.5, 0.6) is 0 Å². The molecule has 0 aromatic heterocycles. The fourth-order valence-electron chi connectivity index (χ4n) is 2.01. The van der Waals surface area contributed by atoms with E-state index in [2.05, 4.69) is 15.9 Å². The van der Waals surface area contributed by atoms with Crippen molar-refractivity contribution in [1.29, 1.82) is 0 Å². The van der Waals surface area contributed by atoms with Gasteiger partial charge < -0.3 is 14.7 Å². The van der Waals surface area contributed by atoms with Gasteiger partial charge in [-0.1, -0.05) is 22.0 Å². The molecule has 4 nitrogen and oxygen atoms in total. The number of aliphatic hydroxyl groups is 1. The summed E-state index contributed by atoms with van der Waals surface area (Å²) >= 11 is 3.40. The molecule has 1 atom stereocenters. The summed E-state index contributed by atoms with van der Waals surface area (Å²) in [6.07, 6.45) is 1.48. The summed E-state index contributed by atoms with van der Waals surface area (Å²) < 4.78 is 6.41. The molecule has 1 heterocycles. The van der Waals surface area contributed by atoms with Gasteiger partial charge in [-0.3, -0.25) is 4.79 Å². The lowest BCUT2D eigenvalue weighted by Crippen LogP contribution is -2.46. The fraction of sp³-hybridized carbons (Fsp3) is 0.462. The summed E-state index contributed by atoms with van der Waals surface area (Å²) in [5.41, 5.74) is 0.881. The Morgan fingerprint density at radius 3 is 3.06 bits per heavy atom. The first-order valence-corrected chi connectivity index (χ1v) is 6.78. The number of halogens is 1. The monoisotopic (exact) mass is 313 g/mol. The van der Waals surface area contributed by atoms with Crippen LogP contribution in [0.25, 0.3) is 0 Å². The summed E-state index contributed by atoms with van der Waals surface area (Å²) in [5.74, 6) is -0.0200. The Morgan fingerprint density at radius 2 is 2.33 bits per heavy atom. The van der Waals surface area contributed by atoms with Gasteiger partial charge in [0.2, 0.25) is 0 Å². The van der Waals surface area contributed by atoms with Crippen molar-refractivity contribution in [3.63, 3.8) is 0 Å². The number of ether oxygens (including phenoxy) is 1. The fourth-order valence-corrected chi connectivity index (χ4v) is 2.40. The molecule has 1 unspecified atom stereocenters. The highest BCUT2D eigenvalue weighted by Crippen LogP contribution is 2.23. The molecule has 1 amide bonds. The molecule has 1 aliphatic rings. The molecule has 1 aromatic rings. The van der Waals surface area contributed by atoms with Crippen molar-refractivity contribution in [1.82, 2.24) is 0 Å². The molecular formula is C13H16BrNO3. The quantitative estimate of drug-likeness (QED) is 0.924. The summed E-state index contributed by atoms with van der Waals surface area (Å²) in [6.45, 7) is 0.822. The predicted molar refractivity (Wildman–Crippen MR) is 72.6 cm³/mol. The highest BCUT2D eigenvalue weighted by molar-refractivity contribution is 9.10. The lowest BCUT2D eigenvalue weighted by molar-refractivity contribution is -0.129. The maximum Gasteiger partial charge on any atom is 0.253 e. The zero-order valence-electron chi connectivity index (χ0n) is 10.0. The molecule has 5 heteroatoms. The first kappa shape index (κ1) is 13.5. The van der Waals surface area contributed by atoms with E-state index in [9.17, 15) is 4.79 Å². The van der Waals surface area contributed by atoms with E-state index in [1.807, 2.05) is 24.3 Å². The second kappa shape index (κ2) is 6.31. The Labute approximate surface area is 115 Å². The number of carbonyl (C=O) groups is 1. The van der Waals surface area contributed by atoms with E-state index in [0.29, 0.717) is 13.0 Å². The molecule has 0 bridgehead atoms. The van der Waals surface area contributed by atoms with Gasteiger partial charge in [-0.25, -0.2) is 0 Å². The van der Waals surface area contributed by atoms with Gasteiger partial charge in [0.15, 0.2) is 0 Å². The van der Waals surface area contributed by atoms with Crippen molar-refractivity contribution in [3.8, 4) is 0 Å². The van der Waals surface area contributed by atoms with Crippen LogP contribution in [0.3, 0.4) is 0 Å². The van der Waals surface area contributed by atoms with Crippen LogP contribution in [-0.4, -0.2) is 36.9 Å². The minimum Gasteiger partial charge on any atom is -0.396 e. The number of amides is 1. The molecule has 1 saturated heterocycles. The molecule has 1 fully saturated rings. The first-order chi connectivity index (χ1) is 8.70. The topological polar surface area (TPSA) is 49.8 Å². The highest BCUT2D eigenvalue weighted by atomic mass is 79.9. The molecule has 2 rings (SSSR count). The van der Waals surface area contributed by atoms with Crippen LogP contribution in [0.2, 0.25) is 0 Å². The van der Waals surface area contributed by atoms with Crippen molar-refractivity contribution < 1.29 is 14.6 Å². The second-order valence-corrected chi connectivity index (χ2v) is 5.20. The maximum absolute atomic E-state index is 11.9. The van der Waals surface area contributed by atoms with Gasteiger partial charge in [0.25, 0.3) is 5.91 Å². The molecule has 1 aliphatic heterocycles. The van der Waals surface area contributed by atoms with Crippen LogP contribution >= 0.6 is 15.9 Å². The Balaban J connectivity index is 2.08. The van der Waals surface area contributed by atoms with Crippen LogP contribution in [0.4, 0.5) is 5.69 Å². The molecule has 0 saturated carbocycles. The zero-order chi connectivity index (χ0) is 13.0.